The number of nitrogens with zero attached hydrogens (tertiary/aromatic N) is 1. The molecule has 1 aromatic heterocycles. The van der Waals surface area contributed by atoms with E-state index in [9.17, 15) is 0 Å². The highest BCUT2D eigenvalue weighted by Crippen LogP contribution is 2.29. The molecule has 16 heavy (non-hydrogen) atoms. The monoisotopic (exact) mass is 222 g/mol. The van der Waals surface area contributed by atoms with Crippen molar-refractivity contribution in [1.82, 2.24) is 4.98 Å². The lowest BCUT2D eigenvalue weighted by atomic mass is 9.93. The van der Waals surface area contributed by atoms with Gasteiger partial charge in [-0.05, 0) is 18.4 Å². The molecule has 2 heterocycles. The lowest BCUT2D eigenvalue weighted by Crippen LogP contribution is -2.18. The van der Waals surface area contributed by atoms with E-state index >= 15 is 0 Å². The number of hydrogen-bond donors (Lipinski definition) is 1. The molecule has 1 fully saturated rings. The summed E-state index contributed by atoms with van der Waals surface area (Å²) in [4.78, 5) is 4.53. The van der Waals surface area contributed by atoms with E-state index in [1.54, 1.807) is 7.11 Å². The number of ether oxygens (including phenoxy) is 2. The van der Waals surface area contributed by atoms with Crippen LogP contribution in [0.5, 0.6) is 5.88 Å². The first kappa shape index (κ1) is 11.4. The van der Waals surface area contributed by atoms with Gasteiger partial charge in [0.25, 0.3) is 0 Å². The zero-order chi connectivity index (χ0) is 11.4. The molecule has 0 radical (unpaired) electrons. The Hall–Kier alpha value is -1.13. The van der Waals surface area contributed by atoms with Crippen LogP contribution < -0.4 is 10.5 Å². The lowest BCUT2D eigenvalue weighted by molar-refractivity contribution is 0.0842. The zero-order valence-electron chi connectivity index (χ0n) is 9.61. The molecule has 0 saturated carbocycles. The summed E-state index contributed by atoms with van der Waals surface area (Å²) >= 11 is 0. The van der Waals surface area contributed by atoms with Gasteiger partial charge in [0.05, 0.1) is 12.8 Å². The van der Waals surface area contributed by atoms with E-state index in [-0.39, 0.29) is 0 Å². The van der Waals surface area contributed by atoms with Crippen LogP contribution in [0.1, 0.15) is 30.0 Å². The maximum Gasteiger partial charge on any atom is 0.213 e. The Labute approximate surface area is 95.8 Å². The molecule has 0 aliphatic carbocycles. The molecule has 0 spiro atoms. The molecular weight excluding hydrogens is 204 g/mol. The summed E-state index contributed by atoms with van der Waals surface area (Å²) in [7, 11) is 1.64. The van der Waals surface area contributed by atoms with Crippen LogP contribution in [0.3, 0.4) is 0 Å². The SMILES string of the molecule is COc1ccc(CN)c(C2CCOCC2)n1. The van der Waals surface area contributed by atoms with Crippen molar-refractivity contribution in [3.05, 3.63) is 23.4 Å². The molecule has 1 saturated heterocycles. The third-order valence-corrected chi connectivity index (χ3v) is 3.02. The molecule has 1 aliphatic rings. The van der Waals surface area contributed by atoms with E-state index in [1.807, 2.05) is 12.1 Å². The molecule has 1 aromatic rings. The molecule has 0 aromatic carbocycles. The summed E-state index contributed by atoms with van der Waals surface area (Å²) in [5, 5.41) is 0. The molecule has 2 rings (SSSR count). The minimum atomic E-state index is 0.461. The molecular formula is C12H18N2O2. The number of aromatic nitrogens is 1. The fourth-order valence-corrected chi connectivity index (χ4v) is 2.10. The van der Waals surface area contributed by atoms with Crippen LogP contribution in [-0.4, -0.2) is 25.3 Å². The maximum atomic E-state index is 5.74. The number of hydrogen-bond acceptors (Lipinski definition) is 4. The first-order valence-electron chi connectivity index (χ1n) is 5.66. The van der Waals surface area contributed by atoms with Gasteiger partial charge in [-0.2, -0.15) is 0 Å². The van der Waals surface area contributed by atoms with E-state index in [2.05, 4.69) is 4.98 Å². The van der Waals surface area contributed by atoms with Gasteiger partial charge in [-0.3, -0.25) is 0 Å². The molecule has 4 heteroatoms. The van der Waals surface area contributed by atoms with Gasteiger partial charge in [-0.15, -0.1) is 0 Å². The average molecular weight is 222 g/mol. The van der Waals surface area contributed by atoms with Crippen molar-refractivity contribution >= 4 is 0 Å². The van der Waals surface area contributed by atoms with Crippen molar-refractivity contribution in [1.29, 1.82) is 0 Å². The van der Waals surface area contributed by atoms with Crippen molar-refractivity contribution in [2.75, 3.05) is 20.3 Å². The number of nitrogens with two attached hydrogens (primary N) is 1. The van der Waals surface area contributed by atoms with Crippen LogP contribution in [0.2, 0.25) is 0 Å². The Kier molecular flexibility index (Phi) is 3.74. The Morgan fingerprint density at radius 1 is 1.44 bits per heavy atom. The molecule has 0 atom stereocenters. The predicted octanol–water partition coefficient (Wildman–Crippen LogP) is 1.44. The van der Waals surface area contributed by atoms with Crippen molar-refractivity contribution in [3.8, 4) is 5.88 Å². The van der Waals surface area contributed by atoms with Gasteiger partial charge in [-0.1, -0.05) is 6.07 Å². The van der Waals surface area contributed by atoms with Gasteiger partial charge in [0.15, 0.2) is 0 Å². The predicted molar refractivity (Wildman–Crippen MR) is 61.5 cm³/mol. The molecule has 88 valence electrons. The van der Waals surface area contributed by atoms with Gasteiger partial charge in [0.1, 0.15) is 0 Å². The molecule has 4 nitrogen and oxygen atoms in total. The van der Waals surface area contributed by atoms with E-state index in [4.69, 9.17) is 15.2 Å². The average Bonchev–Trinajstić information content (AvgIpc) is 2.39. The van der Waals surface area contributed by atoms with Gasteiger partial charge >= 0.3 is 0 Å². The van der Waals surface area contributed by atoms with Crippen molar-refractivity contribution < 1.29 is 9.47 Å². The van der Waals surface area contributed by atoms with Gasteiger partial charge in [0.2, 0.25) is 5.88 Å². The summed E-state index contributed by atoms with van der Waals surface area (Å²) in [5.74, 6) is 1.13. The normalized spacial score (nSPS) is 17.4. The van der Waals surface area contributed by atoms with E-state index in [0.717, 1.165) is 37.3 Å². The zero-order valence-corrected chi connectivity index (χ0v) is 9.61. The highest BCUT2D eigenvalue weighted by Gasteiger charge is 2.20. The number of methoxy groups -OCH3 is 1. The van der Waals surface area contributed by atoms with Crippen LogP contribution in [0.4, 0.5) is 0 Å². The highest BCUT2D eigenvalue weighted by molar-refractivity contribution is 5.28. The molecule has 2 N–H and O–H groups in total. The van der Waals surface area contributed by atoms with Crippen molar-refractivity contribution in [2.24, 2.45) is 5.73 Å². The molecule has 0 bridgehead atoms. The Morgan fingerprint density at radius 3 is 2.81 bits per heavy atom. The minimum Gasteiger partial charge on any atom is -0.481 e. The quantitative estimate of drug-likeness (QED) is 0.840. The van der Waals surface area contributed by atoms with Crippen LogP contribution >= 0.6 is 0 Å². The smallest absolute Gasteiger partial charge is 0.213 e. The van der Waals surface area contributed by atoms with Gasteiger partial charge in [-0.25, -0.2) is 4.98 Å². The summed E-state index contributed by atoms with van der Waals surface area (Å²) < 4.78 is 10.5. The summed E-state index contributed by atoms with van der Waals surface area (Å²) in [5.41, 5.74) is 7.94. The van der Waals surface area contributed by atoms with Crippen molar-refractivity contribution in [2.45, 2.75) is 25.3 Å². The second kappa shape index (κ2) is 5.27. The number of rotatable bonds is 3. The van der Waals surface area contributed by atoms with Crippen LogP contribution in [0.15, 0.2) is 12.1 Å². The fraction of sp³-hybridized carbons (Fsp3) is 0.583. The maximum absolute atomic E-state index is 5.74. The molecule has 1 aliphatic heterocycles. The topological polar surface area (TPSA) is 57.4 Å². The Bertz CT molecular complexity index is 349. The van der Waals surface area contributed by atoms with Gasteiger partial charge in [0, 0.05) is 31.7 Å². The van der Waals surface area contributed by atoms with Crippen molar-refractivity contribution in [3.63, 3.8) is 0 Å². The highest BCUT2D eigenvalue weighted by atomic mass is 16.5. The molecule has 0 unspecified atom stereocenters. The van der Waals surface area contributed by atoms with Crippen LogP contribution in [-0.2, 0) is 11.3 Å². The third kappa shape index (κ3) is 2.33. The van der Waals surface area contributed by atoms with E-state index in [1.165, 1.54) is 0 Å². The minimum absolute atomic E-state index is 0.461. The molecule has 0 amide bonds. The fourth-order valence-electron chi connectivity index (χ4n) is 2.10. The van der Waals surface area contributed by atoms with E-state index in [0.29, 0.717) is 18.3 Å². The van der Waals surface area contributed by atoms with Gasteiger partial charge < -0.3 is 15.2 Å². The summed E-state index contributed by atoms with van der Waals surface area (Å²) in [6.07, 6.45) is 2.04. The standard InChI is InChI=1S/C12H18N2O2/c1-15-11-3-2-10(8-13)12(14-11)9-4-6-16-7-5-9/h2-3,9H,4-8,13H2,1H3. The third-order valence-electron chi connectivity index (χ3n) is 3.02. The van der Waals surface area contributed by atoms with Crippen LogP contribution in [0, 0.1) is 0 Å². The lowest BCUT2D eigenvalue weighted by Gasteiger charge is -2.23. The first-order chi connectivity index (χ1) is 7.85. The first-order valence-corrected chi connectivity index (χ1v) is 5.66. The summed E-state index contributed by atoms with van der Waals surface area (Å²) in [6, 6.07) is 3.88. The Morgan fingerprint density at radius 2 is 2.19 bits per heavy atom. The second-order valence-electron chi connectivity index (χ2n) is 3.99. The number of pyridine rings is 1. The Balaban J connectivity index is 2.27. The second-order valence-corrected chi connectivity index (χ2v) is 3.99. The van der Waals surface area contributed by atoms with Crippen LogP contribution in [0.25, 0.3) is 0 Å². The van der Waals surface area contributed by atoms with E-state index < -0.39 is 0 Å². The largest absolute Gasteiger partial charge is 0.481 e. The summed E-state index contributed by atoms with van der Waals surface area (Å²) in [6.45, 7) is 2.16.